The molecule has 0 fully saturated rings. The first-order chi connectivity index (χ1) is 4.91. The number of aryl methyl sites for hydroxylation is 2. The van der Waals surface area contributed by atoms with Crippen LogP contribution in [-0.4, -0.2) is 0 Å². The van der Waals surface area contributed by atoms with Crippen molar-refractivity contribution >= 4 is 0 Å². The maximum atomic E-state index is 12.6. The quantitative estimate of drug-likeness (QED) is 0.615. The first-order valence-corrected chi connectivity index (χ1v) is 3.36. The van der Waals surface area contributed by atoms with Crippen LogP contribution in [0.4, 0.5) is 8.78 Å². The molecule has 3 heteroatoms. The molecule has 0 unspecified atom stereocenters. The second kappa shape index (κ2) is 2.32. The van der Waals surface area contributed by atoms with Gasteiger partial charge in [0.15, 0.2) is 5.76 Å². The van der Waals surface area contributed by atoms with Gasteiger partial charge in [-0.3, -0.25) is 0 Å². The average molecular weight is 160 g/mol. The third kappa shape index (κ3) is 1.59. The number of hydrogen-bond acceptors (Lipinski definition) is 1. The Morgan fingerprint density at radius 3 is 2.09 bits per heavy atom. The Balaban J connectivity index is 3.13. The molecule has 1 rings (SSSR count). The van der Waals surface area contributed by atoms with Crippen molar-refractivity contribution in [1.82, 2.24) is 0 Å². The van der Waals surface area contributed by atoms with E-state index in [2.05, 4.69) is 0 Å². The summed E-state index contributed by atoms with van der Waals surface area (Å²) in [6.07, 6.45) is 0. The van der Waals surface area contributed by atoms with Crippen molar-refractivity contribution in [2.45, 2.75) is 26.7 Å². The summed E-state index contributed by atoms with van der Waals surface area (Å²) in [5.41, 5.74) is 0.509. The molecule has 1 aromatic heterocycles. The normalized spacial score (nSPS) is 12.1. The smallest absolute Gasteiger partial charge is 0.302 e. The molecule has 0 aliphatic carbocycles. The van der Waals surface area contributed by atoms with E-state index in [1.807, 2.05) is 0 Å². The summed E-state index contributed by atoms with van der Waals surface area (Å²) in [5, 5.41) is 0. The second-order valence-electron chi connectivity index (χ2n) is 2.76. The predicted molar refractivity (Wildman–Crippen MR) is 37.8 cm³/mol. The van der Waals surface area contributed by atoms with Crippen LogP contribution in [0.25, 0.3) is 0 Å². The number of hydrogen-bond donors (Lipinski definition) is 0. The van der Waals surface area contributed by atoms with Crippen molar-refractivity contribution in [1.29, 1.82) is 0 Å². The standard InChI is InChI=1S/C8H10F2O/c1-5-4-6(2)11-7(5)8(3,9)10/h4H,1-3H3. The van der Waals surface area contributed by atoms with Crippen molar-refractivity contribution in [2.24, 2.45) is 0 Å². The number of halogens is 2. The van der Waals surface area contributed by atoms with Crippen molar-refractivity contribution in [2.75, 3.05) is 0 Å². The molecule has 0 amide bonds. The van der Waals surface area contributed by atoms with Crippen molar-refractivity contribution in [3.63, 3.8) is 0 Å². The minimum Gasteiger partial charge on any atom is -0.460 e. The van der Waals surface area contributed by atoms with Gasteiger partial charge in [0.25, 0.3) is 0 Å². The number of furan rings is 1. The molecule has 0 atom stereocenters. The first kappa shape index (κ1) is 8.24. The van der Waals surface area contributed by atoms with Crippen molar-refractivity contribution < 1.29 is 13.2 Å². The summed E-state index contributed by atoms with van der Waals surface area (Å²) in [6.45, 7) is 4.10. The van der Waals surface area contributed by atoms with Crippen molar-refractivity contribution in [3.8, 4) is 0 Å². The van der Waals surface area contributed by atoms with Gasteiger partial charge in [0.1, 0.15) is 5.76 Å². The Kier molecular flexibility index (Phi) is 1.74. The third-order valence-corrected chi connectivity index (χ3v) is 1.44. The molecule has 0 aliphatic heterocycles. The van der Waals surface area contributed by atoms with Crippen LogP contribution in [0.5, 0.6) is 0 Å². The SMILES string of the molecule is Cc1cc(C)c(C(C)(F)F)o1. The molecular formula is C8H10F2O. The highest BCUT2D eigenvalue weighted by Crippen LogP contribution is 2.31. The monoisotopic (exact) mass is 160 g/mol. The Hall–Kier alpha value is -0.860. The van der Waals surface area contributed by atoms with Crippen LogP contribution < -0.4 is 0 Å². The van der Waals surface area contributed by atoms with Crippen LogP contribution in [0.3, 0.4) is 0 Å². The van der Waals surface area contributed by atoms with E-state index in [0.717, 1.165) is 6.92 Å². The van der Waals surface area contributed by atoms with E-state index >= 15 is 0 Å². The molecule has 11 heavy (non-hydrogen) atoms. The van der Waals surface area contributed by atoms with Gasteiger partial charge in [-0.05, 0) is 25.5 Å². The van der Waals surface area contributed by atoms with E-state index in [-0.39, 0.29) is 5.76 Å². The van der Waals surface area contributed by atoms with Gasteiger partial charge in [-0.15, -0.1) is 0 Å². The summed E-state index contributed by atoms with van der Waals surface area (Å²) in [6, 6.07) is 1.60. The zero-order valence-electron chi connectivity index (χ0n) is 6.74. The van der Waals surface area contributed by atoms with Gasteiger partial charge in [-0.1, -0.05) is 0 Å². The van der Waals surface area contributed by atoms with Gasteiger partial charge in [0, 0.05) is 6.92 Å². The van der Waals surface area contributed by atoms with Crippen LogP contribution in [0.15, 0.2) is 10.5 Å². The lowest BCUT2D eigenvalue weighted by Gasteiger charge is -2.06. The van der Waals surface area contributed by atoms with Gasteiger partial charge in [-0.25, -0.2) is 0 Å². The highest BCUT2D eigenvalue weighted by atomic mass is 19.3. The summed E-state index contributed by atoms with van der Waals surface area (Å²) < 4.78 is 30.1. The fourth-order valence-corrected chi connectivity index (χ4v) is 1.08. The van der Waals surface area contributed by atoms with Crippen LogP contribution in [0.1, 0.15) is 24.0 Å². The van der Waals surface area contributed by atoms with Gasteiger partial charge in [0.2, 0.25) is 0 Å². The zero-order valence-corrected chi connectivity index (χ0v) is 6.74. The maximum Gasteiger partial charge on any atom is 0.302 e. The predicted octanol–water partition coefficient (Wildman–Crippen LogP) is 3.01. The van der Waals surface area contributed by atoms with Crippen LogP contribution in [0, 0.1) is 13.8 Å². The van der Waals surface area contributed by atoms with Crippen molar-refractivity contribution in [3.05, 3.63) is 23.2 Å². The van der Waals surface area contributed by atoms with Gasteiger partial charge in [-0.2, -0.15) is 8.78 Å². The molecule has 1 heterocycles. The number of rotatable bonds is 1. The van der Waals surface area contributed by atoms with E-state index in [0.29, 0.717) is 11.3 Å². The molecule has 0 aliphatic rings. The molecule has 1 nitrogen and oxygen atoms in total. The van der Waals surface area contributed by atoms with Crippen LogP contribution in [-0.2, 0) is 5.92 Å². The Labute approximate surface area is 64.0 Å². The Morgan fingerprint density at radius 1 is 1.36 bits per heavy atom. The van der Waals surface area contributed by atoms with E-state index in [1.54, 1.807) is 19.9 Å². The first-order valence-electron chi connectivity index (χ1n) is 3.36. The van der Waals surface area contributed by atoms with Crippen LogP contribution >= 0.6 is 0 Å². The third-order valence-electron chi connectivity index (χ3n) is 1.44. The largest absolute Gasteiger partial charge is 0.460 e. The molecule has 0 saturated heterocycles. The topological polar surface area (TPSA) is 13.1 Å². The molecule has 0 radical (unpaired) electrons. The summed E-state index contributed by atoms with van der Waals surface area (Å²) in [4.78, 5) is 0. The fourth-order valence-electron chi connectivity index (χ4n) is 1.08. The zero-order chi connectivity index (χ0) is 8.65. The van der Waals surface area contributed by atoms with Gasteiger partial charge >= 0.3 is 5.92 Å². The van der Waals surface area contributed by atoms with E-state index < -0.39 is 5.92 Å². The van der Waals surface area contributed by atoms with Gasteiger partial charge < -0.3 is 4.42 Å². The Morgan fingerprint density at radius 2 is 1.91 bits per heavy atom. The highest BCUT2D eigenvalue weighted by Gasteiger charge is 2.30. The maximum absolute atomic E-state index is 12.6. The molecule has 62 valence electrons. The van der Waals surface area contributed by atoms with Crippen LogP contribution in [0.2, 0.25) is 0 Å². The summed E-state index contributed by atoms with van der Waals surface area (Å²) in [7, 11) is 0. The Bertz CT molecular complexity index is 258. The number of alkyl halides is 2. The average Bonchev–Trinajstić information content (AvgIpc) is 2.08. The molecule has 0 spiro atoms. The minimum atomic E-state index is -2.86. The summed E-state index contributed by atoms with van der Waals surface area (Å²) in [5.74, 6) is -2.56. The lowest BCUT2D eigenvalue weighted by atomic mass is 10.2. The second-order valence-corrected chi connectivity index (χ2v) is 2.76. The summed E-state index contributed by atoms with van der Waals surface area (Å²) >= 11 is 0. The molecule has 0 aromatic carbocycles. The highest BCUT2D eigenvalue weighted by molar-refractivity contribution is 5.22. The lowest BCUT2D eigenvalue weighted by molar-refractivity contribution is -0.00673. The van der Waals surface area contributed by atoms with E-state index in [4.69, 9.17) is 4.42 Å². The fraction of sp³-hybridized carbons (Fsp3) is 0.500. The van der Waals surface area contributed by atoms with E-state index in [1.165, 1.54) is 0 Å². The molecular weight excluding hydrogens is 150 g/mol. The van der Waals surface area contributed by atoms with E-state index in [9.17, 15) is 8.78 Å². The molecule has 0 bridgehead atoms. The minimum absolute atomic E-state index is 0.227. The molecule has 1 aromatic rings. The molecule has 0 saturated carbocycles. The lowest BCUT2D eigenvalue weighted by Crippen LogP contribution is -2.06. The van der Waals surface area contributed by atoms with Gasteiger partial charge in [0.05, 0.1) is 0 Å². The molecule has 0 N–H and O–H groups in total.